The Hall–Kier alpha value is -2.21. The van der Waals surface area contributed by atoms with Crippen molar-refractivity contribution < 1.29 is 14.3 Å². The molecule has 0 spiro atoms. The molecule has 19 heavy (non-hydrogen) atoms. The summed E-state index contributed by atoms with van der Waals surface area (Å²) in [6.45, 7) is 0.801. The number of carbonyl (C=O) groups excluding carboxylic acids is 2. The smallest absolute Gasteiger partial charge is 0.249 e. The van der Waals surface area contributed by atoms with E-state index in [-0.39, 0.29) is 12.3 Å². The lowest BCUT2D eigenvalue weighted by molar-refractivity contribution is -0.129. The Kier molecular flexibility index (Phi) is 6.89. The van der Waals surface area contributed by atoms with Crippen LogP contribution in [0.4, 0.5) is 0 Å². The minimum atomic E-state index is -0.456. The molecule has 2 amide bonds. The van der Waals surface area contributed by atoms with Crippen LogP contribution in [0.5, 0.6) is 0 Å². The summed E-state index contributed by atoms with van der Waals surface area (Å²) in [5.41, 5.74) is 3.16. The molecule has 0 atom stereocenters. The number of carbonyl (C=O) groups is 2. The molecular formula is C13H17N3O3. The van der Waals surface area contributed by atoms with Gasteiger partial charge in [0.1, 0.15) is 6.42 Å². The molecule has 0 aliphatic rings. The first-order valence-corrected chi connectivity index (χ1v) is 5.85. The highest BCUT2D eigenvalue weighted by molar-refractivity contribution is 5.97. The van der Waals surface area contributed by atoms with Crippen LogP contribution in [-0.2, 0) is 14.3 Å². The van der Waals surface area contributed by atoms with Crippen LogP contribution in [0.25, 0.3) is 0 Å². The second kappa shape index (κ2) is 8.82. The van der Waals surface area contributed by atoms with E-state index in [9.17, 15) is 9.59 Å². The van der Waals surface area contributed by atoms with Crippen LogP contribution in [0.1, 0.15) is 12.0 Å². The van der Waals surface area contributed by atoms with Gasteiger partial charge in [-0.3, -0.25) is 9.59 Å². The molecule has 102 valence electrons. The highest BCUT2D eigenvalue weighted by Crippen LogP contribution is 1.93. The summed E-state index contributed by atoms with van der Waals surface area (Å²) >= 11 is 0. The van der Waals surface area contributed by atoms with E-state index in [1.807, 2.05) is 30.3 Å². The molecule has 0 unspecified atom stereocenters. The molecule has 6 nitrogen and oxygen atoms in total. The zero-order chi connectivity index (χ0) is 13.9. The van der Waals surface area contributed by atoms with Gasteiger partial charge < -0.3 is 10.1 Å². The van der Waals surface area contributed by atoms with E-state index in [0.717, 1.165) is 5.56 Å². The molecule has 0 heterocycles. The zero-order valence-corrected chi connectivity index (χ0v) is 10.8. The standard InChI is InChI=1S/C13H17N3O3/c1-19-8-7-14-12(17)9-13(18)16-15-10-11-5-3-2-4-6-11/h2-6,10H,7-9H2,1H3,(H,14,17)(H,16,18)/b15-10-. The van der Waals surface area contributed by atoms with Crippen molar-refractivity contribution in [1.29, 1.82) is 0 Å². The maximum Gasteiger partial charge on any atom is 0.249 e. The van der Waals surface area contributed by atoms with Gasteiger partial charge >= 0.3 is 0 Å². The second-order valence-electron chi connectivity index (χ2n) is 3.72. The molecular weight excluding hydrogens is 246 g/mol. The number of hydrogen-bond acceptors (Lipinski definition) is 4. The van der Waals surface area contributed by atoms with Gasteiger partial charge in [-0.2, -0.15) is 5.10 Å². The lowest BCUT2D eigenvalue weighted by Crippen LogP contribution is -2.31. The SMILES string of the molecule is COCCNC(=O)CC(=O)N/N=C\c1ccccc1. The summed E-state index contributed by atoms with van der Waals surface area (Å²) in [7, 11) is 1.54. The summed E-state index contributed by atoms with van der Waals surface area (Å²) < 4.78 is 4.77. The minimum absolute atomic E-state index is 0.254. The fourth-order valence-electron chi connectivity index (χ4n) is 1.26. The molecule has 1 aromatic carbocycles. The first-order valence-electron chi connectivity index (χ1n) is 5.85. The van der Waals surface area contributed by atoms with Crippen molar-refractivity contribution in [2.24, 2.45) is 5.10 Å². The number of methoxy groups -OCH3 is 1. The number of nitrogens with zero attached hydrogens (tertiary/aromatic N) is 1. The lowest BCUT2D eigenvalue weighted by atomic mass is 10.2. The molecule has 0 radical (unpaired) electrons. The Labute approximate surface area is 111 Å². The lowest BCUT2D eigenvalue weighted by Gasteiger charge is -2.03. The topological polar surface area (TPSA) is 79.8 Å². The second-order valence-corrected chi connectivity index (χ2v) is 3.72. The van der Waals surface area contributed by atoms with Crippen LogP contribution in [0.2, 0.25) is 0 Å². The van der Waals surface area contributed by atoms with E-state index in [2.05, 4.69) is 15.8 Å². The van der Waals surface area contributed by atoms with Crippen LogP contribution in [0, 0.1) is 0 Å². The van der Waals surface area contributed by atoms with Gasteiger partial charge in [0.2, 0.25) is 11.8 Å². The highest BCUT2D eigenvalue weighted by Gasteiger charge is 2.07. The Balaban J connectivity index is 2.24. The van der Waals surface area contributed by atoms with E-state index in [1.54, 1.807) is 0 Å². The van der Waals surface area contributed by atoms with Crippen LogP contribution in [0.15, 0.2) is 35.4 Å². The molecule has 6 heteroatoms. The van der Waals surface area contributed by atoms with Gasteiger partial charge in [-0.25, -0.2) is 5.43 Å². The van der Waals surface area contributed by atoms with Crippen molar-refractivity contribution in [1.82, 2.24) is 10.7 Å². The van der Waals surface area contributed by atoms with Gasteiger partial charge in [0, 0.05) is 13.7 Å². The van der Waals surface area contributed by atoms with E-state index >= 15 is 0 Å². The van der Waals surface area contributed by atoms with Gasteiger partial charge in [-0.05, 0) is 5.56 Å². The maximum absolute atomic E-state index is 11.4. The average Bonchev–Trinajstić information content (AvgIpc) is 2.40. The molecule has 0 fully saturated rings. The summed E-state index contributed by atoms with van der Waals surface area (Å²) in [5, 5.41) is 6.31. The summed E-state index contributed by atoms with van der Waals surface area (Å²) in [6, 6.07) is 9.33. The number of nitrogens with one attached hydrogen (secondary N) is 2. The number of benzene rings is 1. The van der Waals surface area contributed by atoms with Crippen LogP contribution in [-0.4, -0.2) is 38.3 Å². The molecule has 0 saturated heterocycles. The van der Waals surface area contributed by atoms with Crippen molar-refractivity contribution in [3.05, 3.63) is 35.9 Å². The van der Waals surface area contributed by atoms with E-state index in [1.165, 1.54) is 13.3 Å². The largest absolute Gasteiger partial charge is 0.383 e. The first kappa shape index (κ1) is 14.8. The molecule has 0 bridgehead atoms. The van der Waals surface area contributed by atoms with Gasteiger partial charge in [-0.15, -0.1) is 0 Å². The van der Waals surface area contributed by atoms with Crippen LogP contribution >= 0.6 is 0 Å². The fraction of sp³-hybridized carbons (Fsp3) is 0.308. The highest BCUT2D eigenvalue weighted by atomic mass is 16.5. The number of hydrazone groups is 1. The number of ether oxygens (including phenoxy) is 1. The third kappa shape index (κ3) is 6.95. The molecule has 2 N–H and O–H groups in total. The Morgan fingerprint density at radius 1 is 1.26 bits per heavy atom. The minimum Gasteiger partial charge on any atom is -0.383 e. The van der Waals surface area contributed by atoms with Gasteiger partial charge in [0.05, 0.1) is 12.8 Å². The number of hydrogen-bond donors (Lipinski definition) is 2. The first-order chi connectivity index (χ1) is 9.22. The molecule has 0 saturated carbocycles. The van der Waals surface area contributed by atoms with Crippen LogP contribution < -0.4 is 10.7 Å². The Morgan fingerprint density at radius 2 is 2.00 bits per heavy atom. The molecule has 0 aliphatic heterocycles. The van der Waals surface area contributed by atoms with Crippen molar-refractivity contribution >= 4 is 18.0 Å². The molecule has 0 aromatic heterocycles. The van der Waals surface area contributed by atoms with Crippen LogP contribution in [0.3, 0.4) is 0 Å². The Bertz CT molecular complexity index is 432. The van der Waals surface area contributed by atoms with Gasteiger partial charge in [0.15, 0.2) is 0 Å². The number of amides is 2. The zero-order valence-electron chi connectivity index (χ0n) is 10.8. The van der Waals surface area contributed by atoms with E-state index in [0.29, 0.717) is 13.2 Å². The number of rotatable bonds is 7. The summed E-state index contributed by atoms with van der Waals surface area (Å²) in [6.07, 6.45) is 1.26. The molecule has 0 aliphatic carbocycles. The molecule has 1 rings (SSSR count). The van der Waals surface area contributed by atoms with E-state index in [4.69, 9.17) is 4.74 Å². The predicted octanol–water partition coefficient (Wildman–Crippen LogP) is 0.289. The Morgan fingerprint density at radius 3 is 2.68 bits per heavy atom. The third-order valence-electron chi connectivity index (χ3n) is 2.15. The summed E-state index contributed by atoms with van der Waals surface area (Å²) in [4.78, 5) is 22.6. The van der Waals surface area contributed by atoms with Crippen molar-refractivity contribution in [3.63, 3.8) is 0 Å². The monoisotopic (exact) mass is 263 g/mol. The fourth-order valence-corrected chi connectivity index (χ4v) is 1.26. The van der Waals surface area contributed by atoms with Crippen molar-refractivity contribution in [2.45, 2.75) is 6.42 Å². The molecule has 1 aromatic rings. The summed E-state index contributed by atoms with van der Waals surface area (Å²) in [5.74, 6) is -0.813. The quantitative estimate of drug-likeness (QED) is 0.321. The predicted molar refractivity (Wildman–Crippen MR) is 71.7 cm³/mol. The average molecular weight is 263 g/mol. The maximum atomic E-state index is 11.4. The normalized spacial score (nSPS) is 10.4. The van der Waals surface area contributed by atoms with Gasteiger partial charge in [0.25, 0.3) is 0 Å². The van der Waals surface area contributed by atoms with Crippen molar-refractivity contribution in [3.8, 4) is 0 Å². The van der Waals surface area contributed by atoms with Crippen molar-refractivity contribution in [2.75, 3.05) is 20.3 Å². The third-order valence-corrected chi connectivity index (χ3v) is 2.15. The van der Waals surface area contributed by atoms with Gasteiger partial charge in [-0.1, -0.05) is 30.3 Å². The van der Waals surface area contributed by atoms with E-state index < -0.39 is 5.91 Å².